The molecule has 0 radical (unpaired) electrons. The molecule has 7 nitrogen and oxygen atoms in total. The molecule has 0 saturated carbocycles. The van der Waals surface area contributed by atoms with Crippen molar-refractivity contribution in [2.45, 2.75) is 162 Å². The fourth-order valence-corrected chi connectivity index (χ4v) is 5.21. The van der Waals surface area contributed by atoms with Gasteiger partial charge in [-0.3, -0.25) is 0 Å². The molecule has 0 saturated heterocycles. The predicted molar refractivity (Wildman–Crippen MR) is 245 cm³/mol. The van der Waals surface area contributed by atoms with E-state index < -0.39 is 30.3 Å². The Morgan fingerprint density at radius 2 is 0.690 bits per heavy atom. The third-order valence-electron chi connectivity index (χ3n) is 8.59. The number of hydrogen-bond donors (Lipinski definition) is 1. The highest BCUT2D eigenvalue weighted by atomic mass is 16.6. The van der Waals surface area contributed by atoms with Gasteiger partial charge in [-0.05, 0) is 116 Å². The summed E-state index contributed by atoms with van der Waals surface area (Å²) in [6.07, 6.45) is 57.7. The van der Waals surface area contributed by atoms with Crippen LogP contribution < -0.4 is 0 Å². The van der Waals surface area contributed by atoms with Crippen molar-refractivity contribution in [1.29, 1.82) is 0 Å². The first-order valence-corrected chi connectivity index (χ1v) is 22.2. The Morgan fingerprint density at radius 3 is 0.966 bits per heavy atom. The Morgan fingerprint density at radius 1 is 0.414 bits per heavy atom. The quantitative estimate of drug-likeness (QED) is 0.0377. The van der Waals surface area contributed by atoms with Gasteiger partial charge in [-0.15, -0.1) is 0 Å². The van der Waals surface area contributed by atoms with Gasteiger partial charge in [-0.1, -0.05) is 149 Å². The van der Waals surface area contributed by atoms with E-state index in [-0.39, 0.29) is 13.2 Å². The lowest BCUT2D eigenvalue weighted by Gasteiger charge is -2.18. The molecule has 0 spiro atoms. The lowest BCUT2D eigenvalue weighted by molar-refractivity contribution is -0.166. The number of rotatable bonds is 38. The molecule has 0 heterocycles. The number of carbonyl (C=O) groups excluding carboxylic acids is 2. The van der Waals surface area contributed by atoms with Crippen LogP contribution in [0.15, 0.2) is 122 Å². The van der Waals surface area contributed by atoms with Crippen LogP contribution in [-0.4, -0.2) is 61.8 Å². The number of aliphatic hydroxyl groups excluding tert-OH is 1. The molecular formula is C51H80O7. The molecule has 0 aromatic rings. The lowest BCUT2D eigenvalue weighted by atomic mass is 10.2. The van der Waals surface area contributed by atoms with Crippen molar-refractivity contribution in [1.82, 2.24) is 0 Å². The molecule has 0 aliphatic rings. The van der Waals surface area contributed by atoms with E-state index in [0.717, 1.165) is 103 Å². The topological polar surface area (TPSA) is 91.3 Å². The van der Waals surface area contributed by atoms with Crippen molar-refractivity contribution in [3.63, 3.8) is 0 Å². The Bertz CT molecular complexity index is 1170. The highest BCUT2D eigenvalue weighted by Crippen LogP contribution is 2.08. The fraction of sp³-hybridized carbons (Fsp3) is 0.569. The van der Waals surface area contributed by atoms with Crippen molar-refractivity contribution in [3.8, 4) is 0 Å². The van der Waals surface area contributed by atoms with Crippen molar-refractivity contribution in [2.24, 2.45) is 0 Å². The second kappa shape index (κ2) is 44.3. The van der Waals surface area contributed by atoms with Gasteiger partial charge in [0.15, 0.2) is 12.2 Å². The molecular weight excluding hydrogens is 725 g/mol. The van der Waals surface area contributed by atoms with E-state index in [4.69, 9.17) is 18.9 Å². The minimum Gasteiger partial charge on any atom is -0.461 e. The SMILES string of the molecule is CC/C=C\C/C=C\C/C=C\C/C=C\C/C=C\CCCCOC(CC)C(=O)OCC(O)COC(=O)C(CC)OCCCC/C=C\C/C=C\C/C=C\C/C=C\C/C=C\CC. The minimum atomic E-state index is -1.13. The summed E-state index contributed by atoms with van der Waals surface area (Å²) in [6, 6.07) is 0. The van der Waals surface area contributed by atoms with E-state index in [0.29, 0.717) is 26.1 Å². The van der Waals surface area contributed by atoms with Gasteiger partial charge in [0.05, 0.1) is 0 Å². The molecule has 0 amide bonds. The molecule has 2 unspecified atom stereocenters. The first-order chi connectivity index (χ1) is 28.5. The van der Waals surface area contributed by atoms with Gasteiger partial charge in [0.1, 0.15) is 19.3 Å². The first-order valence-electron chi connectivity index (χ1n) is 22.2. The van der Waals surface area contributed by atoms with Crippen molar-refractivity contribution in [3.05, 3.63) is 122 Å². The number of unbranched alkanes of at least 4 members (excludes halogenated alkanes) is 4. The monoisotopic (exact) mass is 805 g/mol. The number of ether oxygens (including phenoxy) is 4. The van der Waals surface area contributed by atoms with Crippen LogP contribution in [0.1, 0.15) is 143 Å². The molecule has 326 valence electrons. The van der Waals surface area contributed by atoms with Gasteiger partial charge < -0.3 is 24.1 Å². The van der Waals surface area contributed by atoms with Crippen LogP contribution >= 0.6 is 0 Å². The minimum absolute atomic E-state index is 0.274. The summed E-state index contributed by atoms with van der Waals surface area (Å²) in [5.74, 6) is -1.05. The predicted octanol–water partition coefficient (Wildman–Crippen LogP) is 12.9. The Kier molecular flexibility index (Phi) is 41.4. The summed E-state index contributed by atoms with van der Waals surface area (Å²) in [4.78, 5) is 25.0. The first kappa shape index (κ1) is 54.2. The highest BCUT2D eigenvalue weighted by Gasteiger charge is 2.22. The van der Waals surface area contributed by atoms with Crippen LogP contribution in [0.3, 0.4) is 0 Å². The number of allylic oxidation sites excluding steroid dienone is 20. The molecule has 58 heavy (non-hydrogen) atoms. The summed E-state index contributed by atoms with van der Waals surface area (Å²) in [7, 11) is 0. The molecule has 1 N–H and O–H groups in total. The Balaban J connectivity index is 3.98. The van der Waals surface area contributed by atoms with Gasteiger partial charge in [0, 0.05) is 13.2 Å². The van der Waals surface area contributed by atoms with Gasteiger partial charge >= 0.3 is 11.9 Å². The maximum atomic E-state index is 12.5. The van der Waals surface area contributed by atoms with Crippen LogP contribution in [0.2, 0.25) is 0 Å². The normalized spacial score (nSPS) is 14.5. The van der Waals surface area contributed by atoms with Gasteiger partial charge in [0.25, 0.3) is 0 Å². The summed E-state index contributed by atoms with van der Waals surface area (Å²) in [5.41, 5.74) is 0. The van der Waals surface area contributed by atoms with E-state index in [2.05, 4.69) is 135 Å². The molecule has 2 atom stereocenters. The second-order valence-corrected chi connectivity index (χ2v) is 13.9. The highest BCUT2D eigenvalue weighted by molar-refractivity contribution is 5.75. The van der Waals surface area contributed by atoms with E-state index in [1.807, 2.05) is 13.8 Å². The molecule has 0 aromatic carbocycles. The zero-order valence-corrected chi connectivity index (χ0v) is 36.7. The van der Waals surface area contributed by atoms with Gasteiger partial charge in [-0.2, -0.15) is 0 Å². The number of esters is 2. The van der Waals surface area contributed by atoms with Gasteiger partial charge in [-0.25, -0.2) is 9.59 Å². The molecule has 0 fully saturated rings. The molecule has 0 aliphatic heterocycles. The largest absolute Gasteiger partial charge is 0.461 e. The average molecular weight is 805 g/mol. The van der Waals surface area contributed by atoms with Crippen LogP contribution in [0, 0.1) is 0 Å². The van der Waals surface area contributed by atoms with E-state index in [1.54, 1.807) is 0 Å². The second-order valence-electron chi connectivity index (χ2n) is 13.9. The number of carbonyl (C=O) groups is 2. The third kappa shape index (κ3) is 37.8. The van der Waals surface area contributed by atoms with Crippen LogP contribution in [0.4, 0.5) is 0 Å². The maximum absolute atomic E-state index is 12.5. The van der Waals surface area contributed by atoms with E-state index in [9.17, 15) is 14.7 Å². The smallest absolute Gasteiger partial charge is 0.335 e. The third-order valence-corrected chi connectivity index (χ3v) is 8.59. The van der Waals surface area contributed by atoms with E-state index in [1.165, 1.54) is 0 Å². The summed E-state index contributed by atoms with van der Waals surface area (Å²) >= 11 is 0. The zero-order chi connectivity index (χ0) is 42.4. The summed E-state index contributed by atoms with van der Waals surface area (Å²) in [5, 5.41) is 10.3. The van der Waals surface area contributed by atoms with Crippen molar-refractivity contribution < 1.29 is 33.6 Å². The molecule has 0 aliphatic carbocycles. The van der Waals surface area contributed by atoms with Crippen LogP contribution in [0.25, 0.3) is 0 Å². The standard InChI is InChI=1S/C51H80O7/c1-5-9-11-13-15-17-19-21-23-25-27-29-31-33-35-37-39-41-43-55-48(7-3)50(53)57-45-47(52)46-58-51(54)49(8-4)56-44-42-40-38-36-34-32-30-28-26-24-22-20-18-16-14-12-10-6-2/h9-12,15-18,21-24,27-30,33-36,47-49,52H,5-8,13-14,19-20,25-26,31-32,37-46H2,1-4H3/b11-9-,12-10-,17-15-,18-16-,23-21-,24-22-,29-27-,30-28-,35-33-,36-34-. The maximum Gasteiger partial charge on any atom is 0.335 e. The van der Waals surface area contributed by atoms with Crippen LogP contribution in [0.5, 0.6) is 0 Å². The summed E-state index contributed by atoms with van der Waals surface area (Å²) < 4.78 is 22.0. The van der Waals surface area contributed by atoms with Crippen molar-refractivity contribution >= 4 is 11.9 Å². The molecule has 7 heteroatoms. The summed E-state index contributed by atoms with van der Waals surface area (Å²) in [6.45, 7) is 8.38. The number of aliphatic hydroxyl groups is 1. The fourth-order valence-electron chi connectivity index (χ4n) is 5.21. The number of hydrogen-bond acceptors (Lipinski definition) is 7. The molecule has 0 aromatic heterocycles. The Labute approximate surface area is 354 Å². The van der Waals surface area contributed by atoms with Crippen molar-refractivity contribution in [2.75, 3.05) is 26.4 Å². The molecule has 0 rings (SSSR count). The van der Waals surface area contributed by atoms with E-state index >= 15 is 0 Å². The van der Waals surface area contributed by atoms with Gasteiger partial charge in [0.2, 0.25) is 0 Å². The zero-order valence-electron chi connectivity index (χ0n) is 36.7. The van der Waals surface area contributed by atoms with Crippen LogP contribution in [-0.2, 0) is 28.5 Å². The average Bonchev–Trinajstić information content (AvgIpc) is 3.23. The molecule has 0 bridgehead atoms. The Hall–Kier alpha value is -3.78. The lowest BCUT2D eigenvalue weighted by Crippen LogP contribution is -2.33.